The molecule has 0 bridgehead atoms. The topological polar surface area (TPSA) is 59.6 Å². The third kappa shape index (κ3) is 4.79. The van der Waals surface area contributed by atoms with Crippen LogP contribution in [0.25, 0.3) is 0 Å². The van der Waals surface area contributed by atoms with E-state index in [2.05, 4.69) is 10.6 Å². The number of nitrogens with one attached hydrogen (secondary N) is 2. The summed E-state index contributed by atoms with van der Waals surface area (Å²) in [7, 11) is 5.14. The van der Waals surface area contributed by atoms with Gasteiger partial charge in [-0.15, -0.1) is 0 Å². The number of para-hydroxylation sites is 1. The SMILES string of the molecule is CNCc1cccc(OC)c1OCCCC(=O)NC. The predicted molar refractivity (Wildman–Crippen MR) is 74.6 cm³/mol. The minimum absolute atomic E-state index is 0.0269. The van der Waals surface area contributed by atoms with Crippen molar-refractivity contribution >= 4 is 5.91 Å². The summed E-state index contributed by atoms with van der Waals surface area (Å²) in [4.78, 5) is 11.1. The zero-order valence-electron chi connectivity index (χ0n) is 11.8. The minimum atomic E-state index is 0.0269. The van der Waals surface area contributed by atoms with Gasteiger partial charge in [0.15, 0.2) is 11.5 Å². The van der Waals surface area contributed by atoms with Gasteiger partial charge in [-0.25, -0.2) is 0 Å². The Kier molecular flexibility index (Phi) is 6.74. The van der Waals surface area contributed by atoms with Gasteiger partial charge in [0.25, 0.3) is 0 Å². The van der Waals surface area contributed by atoms with Gasteiger partial charge < -0.3 is 20.1 Å². The monoisotopic (exact) mass is 266 g/mol. The lowest BCUT2D eigenvalue weighted by Crippen LogP contribution is -2.18. The fraction of sp³-hybridized carbons (Fsp3) is 0.500. The van der Waals surface area contributed by atoms with E-state index in [1.54, 1.807) is 14.2 Å². The van der Waals surface area contributed by atoms with Gasteiger partial charge in [-0.3, -0.25) is 4.79 Å². The second kappa shape index (κ2) is 8.37. The molecule has 1 aromatic carbocycles. The number of carbonyl (C=O) groups is 1. The van der Waals surface area contributed by atoms with Gasteiger partial charge in [-0.05, 0) is 19.5 Å². The Hall–Kier alpha value is -1.75. The van der Waals surface area contributed by atoms with Crippen molar-refractivity contribution in [1.82, 2.24) is 10.6 Å². The Morgan fingerprint density at radius 3 is 2.74 bits per heavy atom. The number of ether oxygens (including phenoxy) is 2. The van der Waals surface area contributed by atoms with Crippen molar-refractivity contribution in [3.05, 3.63) is 23.8 Å². The van der Waals surface area contributed by atoms with Gasteiger partial charge in [0.05, 0.1) is 13.7 Å². The molecule has 1 aromatic rings. The smallest absolute Gasteiger partial charge is 0.219 e. The molecule has 0 unspecified atom stereocenters. The summed E-state index contributed by atoms with van der Waals surface area (Å²) in [5, 5.41) is 5.68. The van der Waals surface area contributed by atoms with Crippen LogP contribution in [0.15, 0.2) is 18.2 Å². The average Bonchev–Trinajstić information content (AvgIpc) is 2.44. The normalized spacial score (nSPS) is 10.1. The largest absolute Gasteiger partial charge is 0.493 e. The first kappa shape index (κ1) is 15.3. The Morgan fingerprint density at radius 1 is 1.32 bits per heavy atom. The van der Waals surface area contributed by atoms with Crippen molar-refractivity contribution in [3.8, 4) is 11.5 Å². The highest BCUT2D eigenvalue weighted by atomic mass is 16.5. The maximum Gasteiger partial charge on any atom is 0.219 e. The van der Waals surface area contributed by atoms with Gasteiger partial charge in [0.2, 0.25) is 5.91 Å². The van der Waals surface area contributed by atoms with E-state index < -0.39 is 0 Å². The van der Waals surface area contributed by atoms with Crippen molar-refractivity contribution in [1.29, 1.82) is 0 Å². The maximum atomic E-state index is 11.1. The van der Waals surface area contributed by atoms with Crippen molar-refractivity contribution < 1.29 is 14.3 Å². The fourth-order valence-corrected chi connectivity index (χ4v) is 1.75. The van der Waals surface area contributed by atoms with Crippen LogP contribution in [-0.2, 0) is 11.3 Å². The Labute approximate surface area is 114 Å². The van der Waals surface area contributed by atoms with E-state index in [0.717, 1.165) is 11.3 Å². The van der Waals surface area contributed by atoms with E-state index in [0.29, 0.717) is 31.7 Å². The first-order valence-corrected chi connectivity index (χ1v) is 6.36. The molecule has 0 spiro atoms. The van der Waals surface area contributed by atoms with E-state index in [-0.39, 0.29) is 5.91 Å². The molecule has 0 fully saturated rings. The molecular formula is C14H22N2O3. The van der Waals surface area contributed by atoms with Crippen molar-refractivity contribution in [3.63, 3.8) is 0 Å². The Balaban J connectivity index is 2.61. The second-order valence-electron chi connectivity index (χ2n) is 4.10. The number of amides is 1. The van der Waals surface area contributed by atoms with E-state index in [1.165, 1.54) is 0 Å². The van der Waals surface area contributed by atoms with E-state index in [1.807, 2.05) is 25.2 Å². The second-order valence-corrected chi connectivity index (χ2v) is 4.10. The molecule has 19 heavy (non-hydrogen) atoms. The quantitative estimate of drug-likeness (QED) is 0.697. The summed E-state index contributed by atoms with van der Waals surface area (Å²) in [6.07, 6.45) is 1.14. The van der Waals surface area contributed by atoms with Gasteiger partial charge >= 0.3 is 0 Å². The molecule has 0 radical (unpaired) electrons. The molecule has 0 heterocycles. The number of rotatable bonds is 8. The van der Waals surface area contributed by atoms with Crippen molar-refractivity contribution in [2.24, 2.45) is 0 Å². The fourth-order valence-electron chi connectivity index (χ4n) is 1.75. The van der Waals surface area contributed by atoms with Crippen LogP contribution < -0.4 is 20.1 Å². The average molecular weight is 266 g/mol. The van der Waals surface area contributed by atoms with Crippen LogP contribution in [0, 0.1) is 0 Å². The minimum Gasteiger partial charge on any atom is -0.493 e. The van der Waals surface area contributed by atoms with Crippen LogP contribution in [0.3, 0.4) is 0 Å². The van der Waals surface area contributed by atoms with E-state index in [4.69, 9.17) is 9.47 Å². The van der Waals surface area contributed by atoms with Gasteiger partial charge in [0, 0.05) is 25.6 Å². The third-order valence-electron chi connectivity index (χ3n) is 2.72. The molecule has 0 aliphatic heterocycles. The third-order valence-corrected chi connectivity index (χ3v) is 2.72. The molecule has 1 amide bonds. The Bertz CT molecular complexity index is 408. The highest BCUT2D eigenvalue weighted by molar-refractivity contribution is 5.75. The van der Waals surface area contributed by atoms with E-state index in [9.17, 15) is 4.79 Å². The lowest BCUT2D eigenvalue weighted by molar-refractivity contribution is -0.120. The molecule has 0 aromatic heterocycles. The maximum absolute atomic E-state index is 11.1. The van der Waals surface area contributed by atoms with Crippen molar-refractivity contribution in [2.45, 2.75) is 19.4 Å². The standard InChI is InChI=1S/C14H22N2O3/c1-15-10-11-6-4-7-12(18-3)14(11)19-9-5-8-13(17)16-2/h4,6-7,15H,5,8-10H2,1-3H3,(H,16,17). The summed E-state index contributed by atoms with van der Waals surface area (Å²) >= 11 is 0. The molecule has 0 atom stereocenters. The summed E-state index contributed by atoms with van der Waals surface area (Å²) in [5.74, 6) is 1.49. The Morgan fingerprint density at radius 2 is 2.11 bits per heavy atom. The molecule has 0 saturated heterocycles. The number of hydrogen-bond donors (Lipinski definition) is 2. The van der Waals surface area contributed by atoms with Crippen LogP contribution >= 0.6 is 0 Å². The van der Waals surface area contributed by atoms with Crippen LogP contribution in [-0.4, -0.2) is 33.7 Å². The lowest BCUT2D eigenvalue weighted by atomic mass is 10.2. The van der Waals surface area contributed by atoms with E-state index >= 15 is 0 Å². The summed E-state index contributed by atoms with van der Waals surface area (Å²) in [6.45, 7) is 1.20. The molecule has 0 aliphatic rings. The molecular weight excluding hydrogens is 244 g/mol. The first-order valence-electron chi connectivity index (χ1n) is 6.36. The van der Waals surface area contributed by atoms with Crippen LogP contribution in [0.2, 0.25) is 0 Å². The van der Waals surface area contributed by atoms with Crippen molar-refractivity contribution in [2.75, 3.05) is 27.8 Å². The molecule has 0 aliphatic carbocycles. The molecule has 106 valence electrons. The zero-order valence-corrected chi connectivity index (χ0v) is 11.8. The summed E-state index contributed by atoms with van der Waals surface area (Å²) < 4.78 is 11.1. The van der Waals surface area contributed by atoms with Gasteiger partial charge in [-0.2, -0.15) is 0 Å². The first-order chi connectivity index (χ1) is 9.22. The number of carbonyl (C=O) groups excluding carboxylic acids is 1. The molecule has 0 saturated carbocycles. The number of benzene rings is 1. The zero-order chi connectivity index (χ0) is 14.1. The predicted octanol–water partition coefficient (Wildman–Crippen LogP) is 1.32. The lowest BCUT2D eigenvalue weighted by Gasteiger charge is -2.14. The van der Waals surface area contributed by atoms with Crippen LogP contribution in [0.5, 0.6) is 11.5 Å². The molecule has 1 rings (SSSR count). The molecule has 2 N–H and O–H groups in total. The summed E-state index contributed by atoms with van der Waals surface area (Å²) in [5.41, 5.74) is 1.04. The number of methoxy groups -OCH3 is 1. The number of hydrogen-bond acceptors (Lipinski definition) is 4. The molecule has 5 nitrogen and oxygen atoms in total. The van der Waals surface area contributed by atoms with Crippen LogP contribution in [0.1, 0.15) is 18.4 Å². The van der Waals surface area contributed by atoms with Crippen LogP contribution in [0.4, 0.5) is 0 Å². The van der Waals surface area contributed by atoms with Gasteiger partial charge in [0.1, 0.15) is 0 Å². The highest BCUT2D eigenvalue weighted by Crippen LogP contribution is 2.31. The summed E-state index contributed by atoms with van der Waals surface area (Å²) in [6, 6.07) is 5.79. The molecule has 5 heteroatoms. The van der Waals surface area contributed by atoms with Gasteiger partial charge in [-0.1, -0.05) is 12.1 Å². The highest BCUT2D eigenvalue weighted by Gasteiger charge is 2.10.